The highest BCUT2D eigenvalue weighted by Gasteiger charge is 2.25. The number of nitrogens with zero attached hydrogens (tertiary/aromatic N) is 7. The van der Waals surface area contributed by atoms with E-state index in [9.17, 15) is 19.7 Å². The second-order valence-electron chi connectivity index (χ2n) is 7.59. The van der Waals surface area contributed by atoms with E-state index in [1.165, 1.54) is 23.7 Å². The van der Waals surface area contributed by atoms with Gasteiger partial charge in [0.25, 0.3) is 11.2 Å². The monoisotopic (exact) mass is 413 g/mol. The number of likely N-dealkylation sites (N-methyl/N-ethyl adjacent to an activating group) is 1. The Kier molecular flexibility index (Phi) is 4.90. The Morgan fingerprint density at radius 3 is 2.23 bits per heavy atom. The first kappa shape index (κ1) is 19.8. The standard InChI is InChI=1S/C19H23N7O4/c1-21-8-10-24(11-9-21)18-20-16-15(17(27)23(3)19(28)22(16)2)25(18)12-13-4-6-14(7-5-13)26(29)30/h4-7H,8-12H2,1-3H3. The molecule has 158 valence electrons. The molecule has 4 rings (SSSR count). The number of nitro benzene ring substituents is 1. The highest BCUT2D eigenvalue weighted by molar-refractivity contribution is 5.75. The van der Waals surface area contributed by atoms with Crippen LogP contribution in [0.3, 0.4) is 0 Å². The molecule has 1 saturated heterocycles. The summed E-state index contributed by atoms with van der Waals surface area (Å²) in [4.78, 5) is 44.9. The molecule has 0 atom stereocenters. The van der Waals surface area contributed by atoms with Gasteiger partial charge in [0.15, 0.2) is 11.2 Å². The number of hydrogen-bond donors (Lipinski definition) is 0. The van der Waals surface area contributed by atoms with Crippen molar-refractivity contribution in [2.75, 3.05) is 38.1 Å². The summed E-state index contributed by atoms with van der Waals surface area (Å²) in [6.45, 7) is 3.52. The van der Waals surface area contributed by atoms with Crippen molar-refractivity contribution >= 4 is 22.8 Å². The van der Waals surface area contributed by atoms with Gasteiger partial charge in [0.2, 0.25) is 5.95 Å². The summed E-state index contributed by atoms with van der Waals surface area (Å²) in [6.07, 6.45) is 0. The Bertz CT molecular complexity index is 1230. The third-order valence-corrected chi connectivity index (χ3v) is 5.60. The molecule has 0 radical (unpaired) electrons. The van der Waals surface area contributed by atoms with E-state index in [4.69, 9.17) is 0 Å². The van der Waals surface area contributed by atoms with Crippen LogP contribution in [-0.4, -0.2) is 61.7 Å². The topological polar surface area (TPSA) is 111 Å². The van der Waals surface area contributed by atoms with Crippen LogP contribution in [-0.2, 0) is 20.6 Å². The number of fused-ring (bicyclic) bond motifs is 1. The molecule has 3 aromatic rings. The van der Waals surface area contributed by atoms with Crippen LogP contribution in [0.5, 0.6) is 0 Å². The van der Waals surface area contributed by atoms with Gasteiger partial charge in [-0.25, -0.2) is 4.79 Å². The summed E-state index contributed by atoms with van der Waals surface area (Å²) in [5.74, 6) is 0.620. The van der Waals surface area contributed by atoms with Crippen molar-refractivity contribution in [1.29, 1.82) is 0 Å². The van der Waals surface area contributed by atoms with Crippen molar-refractivity contribution in [3.05, 3.63) is 60.8 Å². The number of anilines is 1. The molecule has 2 aromatic heterocycles. The Morgan fingerprint density at radius 1 is 1.00 bits per heavy atom. The minimum Gasteiger partial charge on any atom is -0.340 e. The van der Waals surface area contributed by atoms with Gasteiger partial charge in [-0.2, -0.15) is 4.98 Å². The van der Waals surface area contributed by atoms with Crippen molar-refractivity contribution < 1.29 is 4.92 Å². The Hall–Kier alpha value is -3.47. The van der Waals surface area contributed by atoms with Crippen LogP contribution in [0.25, 0.3) is 11.2 Å². The van der Waals surface area contributed by atoms with E-state index in [0.717, 1.165) is 36.3 Å². The average molecular weight is 413 g/mol. The highest BCUT2D eigenvalue weighted by Crippen LogP contribution is 2.23. The number of imidazole rings is 1. The smallest absolute Gasteiger partial charge is 0.332 e. The van der Waals surface area contributed by atoms with Gasteiger partial charge in [-0.15, -0.1) is 0 Å². The Labute approximate surface area is 171 Å². The maximum absolute atomic E-state index is 13.0. The Morgan fingerprint density at radius 2 is 1.63 bits per heavy atom. The lowest BCUT2D eigenvalue weighted by Gasteiger charge is -2.33. The summed E-state index contributed by atoms with van der Waals surface area (Å²) in [7, 11) is 5.10. The third kappa shape index (κ3) is 3.26. The van der Waals surface area contributed by atoms with Crippen molar-refractivity contribution in [1.82, 2.24) is 23.6 Å². The first-order valence-corrected chi connectivity index (χ1v) is 9.61. The summed E-state index contributed by atoms with van der Waals surface area (Å²) in [6, 6.07) is 6.23. The molecule has 1 aromatic carbocycles. The van der Waals surface area contributed by atoms with Crippen LogP contribution in [0.1, 0.15) is 5.56 Å². The van der Waals surface area contributed by atoms with E-state index in [2.05, 4.69) is 21.8 Å². The fourth-order valence-corrected chi connectivity index (χ4v) is 3.74. The van der Waals surface area contributed by atoms with Gasteiger partial charge in [0.05, 0.1) is 11.5 Å². The quantitative estimate of drug-likeness (QED) is 0.442. The molecule has 0 saturated carbocycles. The number of non-ortho nitro benzene ring substituents is 1. The predicted octanol–water partition coefficient (Wildman–Crippen LogP) is 0.142. The van der Waals surface area contributed by atoms with Crippen LogP contribution in [0, 0.1) is 10.1 Å². The van der Waals surface area contributed by atoms with Gasteiger partial charge in [0.1, 0.15) is 0 Å². The van der Waals surface area contributed by atoms with Crippen LogP contribution in [0.2, 0.25) is 0 Å². The lowest BCUT2D eigenvalue weighted by molar-refractivity contribution is -0.384. The fourth-order valence-electron chi connectivity index (χ4n) is 3.74. The molecule has 30 heavy (non-hydrogen) atoms. The third-order valence-electron chi connectivity index (χ3n) is 5.60. The molecule has 1 aliphatic heterocycles. The molecule has 1 fully saturated rings. The van der Waals surface area contributed by atoms with Crippen LogP contribution < -0.4 is 16.1 Å². The molecule has 0 amide bonds. The van der Waals surface area contributed by atoms with E-state index < -0.39 is 16.2 Å². The summed E-state index contributed by atoms with van der Waals surface area (Å²) >= 11 is 0. The van der Waals surface area contributed by atoms with E-state index in [0.29, 0.717) is 23.7 Å². The average Bonchev–Trinajstić information content (AvgIpc) is 3.11. The van der Waals surface area contributed by atoms with Crippen molar-refractivity contribution in [3.63, 3.8) is 0 Å². The molecule has 11 nitrogen and oxygen atoms in total. The maximum Gasteiger partial charge on any atom is 0.332 e. The zero-order valence-corrected chi connectivity index (χ0v) is 17.1. The number of rotatable bonds is 4. The van der Waals surface area contributed by atoms with Gasteiger partial charge < -0.3 is 9.80 Å². The number of piperazine rings is 1. The van der Waals surface area contributed by atoms with Gasteiger partial charge in [-0.3, -0.25) is 28.6 Å². The number of aryl methyl sites for hydroxylation is 1. The van der Waals surface area contributed by atoms with E-state index in [1.807, 2.05) is 4.57 Å². The molecule has 0 N–H and O–H groups in total. The molecule has 0 unspecified atom stereocenters. The molecule has 11 heteroatoms. The predicted molar refractivity (Wildman–Crippen MR) is 112 cm³/mol. The lowest BCUT2D eigenvalue weighted by Crippen LogP contribution is -2.45. The number of nitro groups is 1. The van der Waals surface area contributed by atoms with Crippen LogP contribution in [0.4, 0.5) is 11.6 Å². The van der Waals surface area contributed by atoms with Gasteiger partial charge in [-0.1, -0.05) is 12.1 Å². The normalized spacial score (nSPS) is 15.1. The molecule has 0 spiro atoms. The SMILES string of the molecule is CN1CCN(c2nc3c(c(=O)n(C)c(=O)n3C)n2Cc2ccc([N+](=O)[O-])cc2)CC1. The second-order valence-corrected chi connectivity index (χ2v) is 7.59. The molecule has 3 heterocycles. The molecular formula is C19H23N7O4. The first-order chi connectivity index (χ1) is 14.3. The summed E-state index contributed by atoms with van der Waals surface area (Å²) < 4.78 is 4.26. The number of aromatic nitrogens is 4. The molecule has 1 aliphatic rings. The molecule has 0 bridgehead atoms. The maximum atomic E-state index is 13.0. The minimum atomic E-state index is -0.447. The van der Waals surface area contributed by atoms with Crippen molar-refractivity contribution in [3.8, 4) is 0 Å². The van der Waals surface area contributed by atoms with Gasteiger partial charge >= 0.3 is 5.69 Å². The lowest BCUT2D eigenvalue weighted by atomic mass is 10.2. The highest BCUT2D eigenvalue weighted by atomic mass is 16.6. The van der Waals surface area contributed by atoms with E-state index in [-0.39, 0.29) is 5.69 Å². The number of hydrogen-bond acceptors (Lipinski definition) is 7. The zero-order chi connectivity index (χ0) is 21.6. The first-order valence-electron chi connectivity index (χ1n) is 9.61. The van der Waals surface area contributed by atoms with Crippen molar-refractivity contribution in [2.45, 2.75) is 6.54 Å². The van der Waals surface area contributed by atoms with Crippen molar-refractivity contribution in [2.24, 2.45) is 14.1 Å². The summed E-state index contributed by atoms with van der Waals surface area (Å²) in [5.41, 5.74) is 0.629. The largest absolute Gasteiger partial charge is 0.340 e. The molecular weight excluding hydrogens is 390 g/mol. The van der Waals surface area contributed by atoms with E-state index in [1.54, 1.807) is 19.2 Å². The zero-order valence-electron chi connectivity index (χ0n) is 17.1. The van der Waals surface area contributed by atoms with Gasteiger partial charge in [-0.05, 0) is 12.6 Å². The fraction of sp³-hybridized carbons (Fsp3) is 0.421. The second kappa shape index (κ2) is 7.41. The van der Waals surface area contributed by atoms with Gasteiger partial charge in [0, 0.05) is 52.4 Å². The minimum absolute atomic E-state index is 0.00633. The van der Waals surface area contributed by atoms with Crippen LogP contribution in [0.15, 0.2) is 33.9 Å². The summed E-state index contributed by atoms with van der Waals surface area (Å²) in [5, 5.41) is 10.9. The van der Waals surface area contributed by atoms with E-state index >= 15 is 0 Å². The number of benzene rings is 1. The molecule has 0 aliphatic carbocycles. The van der Waals surface area contributed by atoms with Crippen LogP contribution >= 0.6 is 0 Å². The Balaban J connectivity index is 1.88.